The van der Waals surface area contributed by atoms with Crippen LogP contribution < -0.4 is 10.6 Å². The van der Waals surface area contributed by atoms with Gasteiger partial charge in [0.05, 0.1) is 0 Å². The molecule has 3 rings (SSSR count). The van der Waals surface area contributed by atoms with Gasteiger partial charge in [0.1, 0.15) is 0 Å². The van der Waals surface area contributed by atoms with Crippen molar-refractivity contribution in [1.82, 2.24) is 15.5 Å². The van der Waals surface area contributed by atoms with Gasteiger partial charge in [-0.1, -0.05) is 37.3 Å². The number of benzene rings is 1. The van der Waals surface area contributed by atoms with Gasteiger partial charge in [0.2, 0.25) is 5.91 Å². The third-order valence-electron chi connectivity index (χ3n) is 5.67. The van der Waals surface area contributed by atoms with Crippen LogP contribution in [0, 0.1) is 0 Å². The highest BCUT2D eigenvalue weighted by Crippen LogP contribution is 2.25. The minimum Gasteiger partial charge on any atom is -0.352 e. The number of amides is 2. The molecule has 27 heavy (non-hydrogen) atoms. The molecule has 0 radical (unpaired) electrons. The zero-order chi connectivity index (χ0) is 19.1. The largest absolute Gasteiger partial charge is 0.352 e. The molecule has 1 saturated carbocycles. The van der Waals surface area contributed by atoms with Gasteiger partial charge in [0.15, 0.2) is 0 Å². The van der Waals surface area contributed by atoms with Gasteiger partial charge in [0.25, 0.3) is 5.91 Å². The molecule has 0 spiro atoms. The van der Waals surface area contributed by atoms with Crippen molar-refractivity contribution in [2.24, 2.45) is 0 Å². The van der Waals surface area contributed by atoms with Crippen molar-refractivity contribution >= 4 is 23.4 Å². The average molecular weight is 392 g/mol. The van der Waals surface area contributed by atoms with E-state index >= 15 is 0 Å². The predicted molar refractivity (Wildman–Crippen MR) is 108 cm³/mol. The zero-order valence-electron chi connectivity index (χ0n) is 15.9. The van der Waals surface area contributed by atoms with Gasteiger partial charge >= 0.3 is 0 Å². The van der Waals surface area contributed by atoms with E-state index in [9.17, 15) is 9.59 Å². The molecule has 2 amide bonds. The van der Waals surface area contributed by atoms with E-state index in [1.165, 1.54) is 38.5 Å². The first-order valence-corrected chi connectivity index (χ1v) is 10.6. The molecule has 1 aliphatic heterocycles. The van der Waals surface area contributed by atoms with Crippen molar-refractivity contribution in [3.63, 3.8) is 0 Å². The molecule has 1 atom stereocenters. The quantitative estimate of drug-likeness (QED) is 0.731. The summed E-state index contributed by atoms with van der Waals surface area (Å²) < 4.78 is 0. The highest BCUT2D eigenvalue weighted by Gasteiger charge is 2.29. The van der Waals surface area contributed by atoms with Gasteiger partial charge in [-0.05, 0) is 43.5 Å². The van der Waals surface area contributed by atoms with Crippen LogP contribution in [0.2, 0.25) is 5.02 Å². The standard InChI is InChI=1S/C21H30ClN3O2/c22-17-9-7-16(8-10-17)21(27)23-13-11-20(26)24-18-12-14-25(15-18)19-5-3-1-2-4-6-19/h7-10,18-19H,1-6,11-15H2,(H,23,27)(H,24,26). The lowest BCUT2D eigenvalue weighted by Crippen LogP contribution is -2.40. The lowest BCUT2D eigenvalue weighted by Gasteiger charge is -2.26. The summed E-state index contributed by atoms with van der Waals surface area (Å²) in [5.41, 5.74) is 0.551. The van der Waals surface area contributed by atoms with Crippen LogP contribution in [0.3, 0.4) is 0 Å². The summed E-state index contributed by atoms with van der Waals surface area (Å²) in [5.74, 6) is -0.168. The van der Waals surface area contributed by atoms with E-state index in [1.54, 1.807) is 24.3 Å². The van der Waals surface area contributed by atoms with Crippen LogP contribution in [-0.2, 0) is 4.79 Å². The molecule has 148 valence electrons. The van der Waals surface area contributed by atoms with E-state index in [4.69, 9.17) is 11.6 Å². The van der Waals surface area contributed by atoms with Crippen molar-refractivity contribution in [1.29, 1.82) is 0 Å². The number of halogens is 1. The number of carbonyl (C=O) groups is 2. The minimum absolute atomic E-state index is 0.0131. The van der Waals surface area contributed by atoms with Crippen LogP contribution in [0.1, 0.15) is 61.7 Å². The van der Waals surface area contributed by atoms with Crippen LogP contribution in [0.25, 0.3) is 0 Å². The lowest BCUT2D eigenvalue weighted by molar-refractivity contribution is -0.121. The first kappa shape index (κ1) is 20.2. The van der Waals surface area contributed by atoms with Crippen LogP contribution in [-0.4, -0.2) is 48.4 Å². The van der Waals surface area contributed by atoms with E-state index in [2.05, 4.69) is 15.5 Å². The highest BCUT2D eigenvalue weighted by atomic mass is 35.5. The fourth-order valence-electron chi connectivity index (χ4n) is 4.15. The molecular weight excluding hydrogens is 362 g/mol. The Hall–Kier alpha value is -1.59. The highest BCUT2D eigenvalue weighted by molar-refractivity contribution is 6.30. The Morgan fingerprint density at radius 1 is 1.04 bits per heavy atom. The van der Waals surface area contributed by atoms with Gasteiger partial charge in [-0.15, -0.1) is 0 Å². The molecule has 1 unspecified atom stereocenters. The number of rotatable bonds is 6. The second kappa shape index (κ2) is 10.1. The van der Waals surface area contributed by atoms with Gasteiger partial charge in [-0.25, -0.2) is 0 Å². The van der Waals surface area contributed by atoms with Crippen LogP contribution in [0.5, 0.6) is 0 Å². The summed E-state index contributed by atoms with van der Waals surface area (Å²) in [6.45, 7) is 2.39. The maximum Gasteiger partial charge on any atom is 0.251 e. The predicted octanol–water partition coefficient (Wildman–Crippen LogP) is 3.37. The normalized spacial score (nSPS) is 21.6. The summed E-state index contributed by atoms with van der Waals surface area (Å²) in [4.78, 5) is 26.8. The first-order chi connectivity index (χ1) is 13.1. The summed E-state index contributed by atoms with van der Waals surface area (Å²) in [6, 6.07) is 7.67. The smallest absolute Gasteiger partial charge is 0.251 e. The molecule has 2 fully saturated rings. The van der Waals surface area contributed by atoms with E-state index in [0.717, 1.165) is 19.5 Å². The van der Waals surface area contributed by atoms with Crippen molar-refractivity contribution < 1.29 is 9.59 Å². The van der Waals surface area contributed by atoms with Gasteiger partial charge in [-0.3, -0.25) is 14.5 Å². The molecule has 1 aliphatic carbocycles. The van der Waals surface area contributed by atoms with E-state index in [0.29, 0.717) is 29.6 Å². The van der Waals surface area contributed by atoms with Crippen LogP contribution >= 0.6 is 11.6 Å². The van der Waals surface area contributed by atoms with Crippen LogP contribution in [0.4, 0.5) is 0 Å². The topological polar surface area (TPSA) is 61.4 Å². The minimum atomic E-state index is -0.181. The Bertz CT molecular complexity index is 627. The van der Waals surface area contributed by atoms with E-state index < -0.39 is 0 Å². The molecule has 1 saturated heterocycles. The lowest BCUT2D eigenvalue weighted by atomic mass is 10.1. The fraction of sp³-hybridized carbons (Fsp3) is 0.619. The summed E-state index contributed by atoms with van der Waals surface area (Å²) in [5, 5.41) is 6.52. The fourth-order valence-corrected chi connectivity index (χ4v) is 4.28. The number of nitrogens with zero attached hydrogens (tertiary/aromatic N) is 1. The Kier molecular flexibility index (Phi) is 7.53. The summed E-state index contributed by atoms with van der Waals surface area (Å²) in [7, 11) is 0. The van der Waals surface area contributed by atoms with Gasteiger partial charge in [-0.2, -0.15) is 0 Å². The Morgan fingerprint density at radius 2 is 1.74 bits per heavy atom. The molecular formula is C21H30ClN3O2. The zero-order valence-corrected chi connectivity index (χ0v) is 16.6. The maximum absolute atomic E-state index is 12.2. The SMILES string of the molecule is O=C(CCNC(=O)c1ccc(Cl)cc1)NC1CCN(C2CCCCCC2)C1. The molecule has 0 aromatic heterocycles. The summed E-state index contributed by atoms with van der Waals surface area (Å²) in [6.07, 6.45) is 9.35. The van der Waals surface area contributed by atoms with Crippen molar-refractivity contribution in [2.45, 2.75) is 63.5 Å². The van der Waals surface area contributed by atoms with Gasteiger partial charge < -0.3 is 10.6 Å². The Balaban J connectivity index is 1.34. The molecule has 1 aromatic carbocycles. The number of nitrogens with one attached hydrogen (secondary N) is 2. The van der Waals surface area contributed by atoms with E-state index in [1.807, 2.05) is 0 Å². The van der Waals surface area contributed by atoms with Crippen molar-refractivity contribution in [3.8, 4) is 0 Å². The molecule has 1 aromatic rings. The van der Waals surface area contributed by atoms with Crippen LogP contribution in [0.15, 0.2) is 24.3 Å². The third-order valence-corrected chi connectivity index (χ3v) is 5.92. The summed E-state index contributed by atoms with van der Waals surface area (Å²) >= 11 is 5.82. The first-order valence-electron chi connectivity index (χ1n) is 10.2. The van der Waals surface area contributed by atoms with Gasteiger partial charge in [0, 0.05) is 48.7 Å². The Morgan fingerprint density at radius 3 is 2.44 bits per heavy atom. The average Bonchev–Trinajstić information content (AvgIpc) is 2.94. The molecule has 2 N–H and O–H groups in total. The Labute approximate surface area is 166 Å². The second-order valence-corrected chi connectivity index (χ2v) is 8.14. The number of hydrogen-bond acceptors (Lipinski definition) is 3. The number of carbonyl (C=O) groups excluding carboxylic acids is 2. The van der Waals surface area contributed by atoms with Crippen molar-refractivity contribution in [3.05, 3.63) is 34.9 Å². The molecule has 0 bridgehead atoms. The second-order valence-electron chi connectivity index (χ2n) is 7.71. The number of likely N-dealkylation sites (tertiary alicyclic amines) is 1. The maximum atomic E-state index is 12.2. The number of hydrogen-bond donors (Lipinski definition) is 2. The molecule has 6 heteroatoms. The molecule has 5 nitrogen and oxygen atoms in total. The third kappa shape index (κ3) is 6.22. The molecule has 1 heterocycles. The van der Waals surface area contributed by atoms with Crippen molar-refractivity contribution in [2.75, 3.05) is 19.6 Å². The monoisotopic (exact) mass is 391 g/mol. The van der Waals surface area contributed by atoms with E-state index in [-0.39, 0.29) is 17.9 Å². The molecule has 2 aliphatic rings.